The summed E-state index contributed by atoms with van der Waals surface area (Å²) in [5, 5.41) is 12.1. The van der Waals surface area contributed by atoms with Crippen molar-refractivity contribution < 1.29 is 14.7 Å². The normalized spacial score (nSPS) is 23.3. The summed E-state index contributed by atoms with van der Waals surface area (Å²) in [6.45, 7) is 2.93. The van der Waals surface area contributed by atoms with Crippen LogP contribution in [0, 0.1) is 5.92 Å². The van der Waals surface area contributed by atoms with Crippen LogP contribution >= 0.6 is 0 Å². The Balaban J connectivity index is 1.80. The topological polar surface area (TPSA) is 69.6 Å². The molecule has 96 valence electrons. The first kappa shape index (κ1) is 12.4. The van der Waals surface area contributed by atoms with Crippen molar-refractivity contribution in [1.29, 1.82) is 0 Å². The molecule has 2 fully saturated rings. The molecule has 2 N–H and O–H groups in total. The van der Waals surface area contributed by atoms with E-state index < -0.39 is 0 Å². The van der Waals surface area contributed by atoms with Gasteiger partial charge in [-0.25, -0.2) is 0 Å². The summed E-state index contributed by atoms with van der Waals surface area (Å²) < 4.78 is 0. The van der Waals surface area contributed by atoms with E-state index in [0.29, 0.717) is 13.1 Å². The predicted molar refractivity (Wildman–Crippen MR) is 62.2 cm³/mol. The van der Waals surface area contributed by atoms with Crippen molar-refractivity contribution in [2.75, 3.05) is 19.7 Å². The third-order valence-corrected chi connectivity index (χ3v) is 3.86. The van der Waals surface area contributed by atoms with E-state index in [-0.39, 0.29) is 29.9 Å². The highest BCUT2D eigenvalue weighted by Crippen LogP contribution is 2.35. The maximum absolute atomic E-state index is 12.0. The first-order valence-corrected chi connectivity index (χ1v) is 6.25. The molecule has 5 heteroatoms. The van der Waals surface area contributed by atoms with Crippen LogP contribution in [0.3, 0.4) is 0 Å². The second-order valence-corrected chi connectivity index (χ2v) is 5.21. The minimum absolute atomic E-state index is 0.00498. The van der Waals surface area contributed by atoms with Crippen LogP contribution in [0.5, 0.6) is 0 Å². The van der Waals surface area contributed by atoms with Crippen LogP contribution in [0.25, 0.3) is 0 Å². The van der Waals surface area contributed by atoms with Crippen LogP contribution in [0.1, 0.15) is 32.6 Å². The van der Waals surface area contributed by atoms with Gasteiger partial charge in [-0.2, -0.15) is 0 Å². The molecule has 0 aromatic rings. The highest BCUT2D eigenvalue weighted by molar-refractivity contribution is 5.80. The van der Waals surface area contributed by atoms with Gasteiger partial charge in [0.15, 0.2) is 0 Å². The lowest BCUT2D eigenvalue weighted by Gasteiger charge is -2.31. The van der Waals surface area contributed by atoms with E-state index >= 15 is 0 Å². The molecule has 1 heterocycles. The van der Waals surface area contributed by atoms with E-state index in [9.17, 15) is 9.59 Å². The molecule has 0 aromatic heterocycles. The van der Waals surface area contributed by atoms with Crippen LogP contribution in [-0.4, -0.2) is 47.1 Å². The molecule has 1 saturated heterocycles. The Kier molecular flexibility index (Phi) is 3.38. The van der Waals surface area contributed by atoms with Crippen molar-refractivity contribution in [2.45, 2.75) is 38.1 Å². The number of carbonyl (C=O) groups is 2. The zero-order chi connectivity index (χ0) is 12.5. The van der Waals surface area contributed by atoms with Gasteiger partial charge in [0, 0.05) is 25.9 Å². The molecule has 0 aromatic carbocycles. The maximum atomic E-state index is 12.0. The van der Waals surface area contributed by atoms with E-state index in [0.717, 1.165) is 25.7 Å². The molecule has 2 amide bonds. The van der Waals surface area contributed by atoms with E-state index in [1.165, 1.54) is 0 Å². The molecular weight excluding hydrogens is 220 g/mol. The Morgan fingerprint density at radius 2 is 1.94 bits per heavy atom. The summed E-state index contributed by atoms with van der Waals surface area (Å²) >= 11 is 0. The van der Waals surface area contributed by atoms with Gasteiger partial charge < -0.3 is 15.3 Å². The van der Waals surface area contributed by atoms with Gasteiger partial charge in [0.05, 0.1) is 12.1 Å². The summed E-state index contributed by atoms with van der Waals surface area (Å²) in [6, 6.07) is 0. The van der Waals surface area contributed by atoms with Crippen molar-refractivity contribution in [3.8, 4) is 0 Å². The number of hydrogen-bond acceptors (Lipinski definition) is 3. The van der Waals surface area contributed by atoms with Gasteiger partial charge in [-0.05, 0) is 25.7 Å². The number of nitrogens with one attached hydrogen (secondary N) is 1. The quantitative estimate of drug-likeness (QED) is 0.723. The number of hydrogen-bond donors (Lipinski definition) is 2. The molecule has 0 spiro atoms. The summed E-state index contributed by atoms with van der Waals surface area (Å²) in [5.74, 6) is 0.118. The zero-order valence-corrected chi connectivity index (χ0v) is 10.2. The number of rotatable bonds is 3. The highest BCUT2D eigenvalue weighted by atomic mass is 16.3. The molecule has 0 radical (unpaired) electrons. The van der Waals surface area contributed by atoms with E-state index in [2.05, 4.69) is 5.32 Å². The molecule has 0 unspecified atom stereocenters. The molecule has 2 aliphatic rings. The first-order chi connectivity index (χ1) is 8.06. The van der Waals surface area contributed by atoms with Crippen LogP contribution < -0.4 is 5.32 Å². The van der Waals surface area contributed by atoms with Gasteiger partial charge in [0.2, 0.25) is 11.8 Å². The van der Waals surface area contributed by atoms with Crippen molar-refractivity contribution >= 4 is 11.8 Å². The number of likely N-dealkylation sites (tertiary alicyclic amines) is 1. The Bertz CT molecular complexity index is 318. The van der Waals surface area contributed by atoms with Crippen molar-refractivity contribution in [3.63, 3.8) is 0 Å². The lowest BCUT2D eigenvalue weighted by atomic mass is 9.95. The largest absolute Gasteiger partial charge is 0.394 e. The summed E-state index contributed by atoms with van der Waals surface area (Å²) in [6.07, 6.45) is 3.21. The molecule has 1 aliphatic heterocycles. The maximum Gasteiger partial charge on any atom is 0.223 e. The molecule has 1 aliphatic carbocycles. The van der Waals surface area contributed by atoms with Gasteiger partial charge >= 0.3 is 0 Å². The molecular formula is C12H20N2O3. The Morgan fingerprint density at radius 3 is 2.35 bits per heavy atom. The molecule has 2 rings (SSSR count). The Morgan fingerprint density at radius 1 is 1.35 bits per heavy atom. The number of carbonyl (C=O) groups excluding carboxylic acids is 2. The highest BCUT2D eigenvalue weighted by Gasteiger charge is 2.44. The smallest absolute Gasteiger partial charge is 0.223 e. The average Bonchev–Trinajstić information content (AvgIpc) is 3.09. The second kappa shape index (κ2) is 4.64. The van der Waals surface area contributed by atoms with E-state index in [4.69, 9.17) is 5.11 Å². The van der Waals surface area contributed by atoms with Crippen molar-refractivity contribution in [2.24, 2.45) is 5.92 Å². The monoisotopic (exact) mass is 240 g/mol. The fourth-order valence-corrected chi connectivity index (χ4v) is 2.29. The van der Waals surface area contributed by atoms with Crippen molar-refractivity contribution in [3.05, 3.63) is 0 Å². The van der Waals surface area contributed by atoms with Crippen LogP contribution in [0.2, 0.25) is 0 Å². The zero-order valence-electron chi connectivity index (χ0n) is 10.2. The fourth-order valence-electron chi connectivity index (χ4n) is 2.29. The molecule has 0 atom stereocenters. The lowest BCUT2D eigenvalue weighted by molar-refractivity contribution is -0.134. The summed E-state index contributed by atoms with van der Waals surface area (Å²) in [4.78, 5) is 24.9. The molecule has 17 heavy (non-hydrogen) atoms. The first-order valence-electron chi connectivity index (χ1n) is 6.25. The number of aliphatic hydroxyl groups is 1. The third kappa shape index (κ3) is 2.77. The predicted octanol–water partition coefficient (Wildman–Crippen LogP) is -0.114. The number of amides is 2. The van der Waals surface area contributed by atoms with Crippen LogP contribution in [0.15, 0.2) is 0 Å². The van der Waals surface area contributed by atoms with Gasteiger partial charge in [0.1, 0.15) is 0 Å². The van der Waals surface area contributed by atoms with E-state index in [1.807, 2.05) is 0 Å². The van der Waals surface area contributed by atoms with Gasteiger partial charge in [-0.3, -0.25) is 9.59 Å². The SMILES string of the molecule is CC(=O)N1CCC(C(=O)NC2(CO)CC2)CC1. The summed E-state index contributed by atoms with van der Waals surface area (Å²) in [7, 11) is 0. The van der Waals surface area contributed by atoms with Crippen LogP contribution in [0.4, 0.5) is 0 Å². The summed E-state index contributed by atoms with van der Waals surface area (Å²) in [5.41, 5.74) is -0.325. The Labute approximate surface area is 101 Å². The number of nitrogens with zero attached hydrogens (tertiary/aromatic N) is 1. The minimum Gasteiger partial charge on any atom is -0.394 e. The van der Waals surface area contributed by atoms with E-state index in [1.54, 1.807) is 11.8 Å². The fraction of sp³-hybridized carbons (Fsp3) is 0.833. The standard InChI is InChI=1S/C12H20N2O3/c1-9(16)14-6-2-10(3-7-14)11(17)13-12(8-15)4-5-12/h10,15H,2-8H2,1H3,(H,13,17). The molecule has 1 saturated carbocycles. The minimum atomic E-state index is -0.325. The van der Waals surface area contributed by atoms with Gasteiger partial charge in [-0.1, -0.05) is 0 Å². The van der Waals surface area contributed by atoms with Crippen molar-refractivity contribution in [1.82, 2.24) is 10.2 Å². The van der Waals surface area contributed by atoms with Crippen LogP contribution in [-0.2, 0) is 9.59 Å². The van der Waals surface area contributed by atoms with Gasteiger partial charge in [0.25, 0.3) is 0 Å². The third-order valence-electron chi connectivity index (χ3n) is 3.86. The second-order valence-electron chi connectivity index (χ2n) is 5.21. The average molecular weight is 240 g/mol. The number of aliphatic hydroxyl groups excluding tert-OH is 1. The molecule has 0 bridgehead atoms. The van der Waals surface area contributed by atoms with Gasteiger partial charge in [-0.15, -0.1) is 0 Å². The molecule has 5 nitrogen and oxygen atoms in total. The lowest BCUT2D eigenvalue weighted by Crippen LogP contribution is -2.47. The number of piperidine rings is 1. The Hall–Kier alpha value is -1.10.